The van der Waals surface area contributed by atoms with Crippen LogP contribution in [0, 0.1) is 5.82 Å². The van der Waals surface area contributed by atoms with Crippen LogP contribution >= 0.6 is 0 Å². The van der Waals surface area contributed by atoms with Crippen LogP contribution in [-0.2, 0) is 16.7 Å². The Morgan fingerprint density at radius 2 is 2.10 bits per heavy atom. The first kappa shape index (κ1) is 18.8. The molecule has 3 aliphatic heterocycles. The second kappa shape index (κ2) is 6.97. The molecule has 0 saturated carbocycles. The number of anilines is 1. The van der Waals surface area contributed by atoms with Crippen LogP contribution in [0.5, 0.6) is 0 Å². The highest BCUT2D eigenvalue weighted by Crippen LogP contribution is 2.38. The molecule has 2 fully saturated rings. The molecule has 1 N–H and O–H groups in total. The lowest BCUT2D eigenvalue weighted by Gasteiger charge is -2.25. The van der Waals surface area contributed by atoms with Gasteiger partial charge < -0.3 is 15.0 Å². The number of rotatable bonds is 3. The van der Waals surface area contributed by atoms with Gasteiger partial charge in [0.1, 0.15) is 18.2 Å². The zero-order valence-electron chi connectivity index (χ0n) is 16.7. The number of likely N-dealkylation sites (tertiary alicyclic amines) is 1. The van der Waals surface area contributed by atoms with Gasteiger partial charge >= 0.3 is 6.09 Å². The van der Waals surface area contributed by atoms with Gasteiger partial charge in [0.15, 0.2) is 0 Å². The van der Waals surface area contributed by atoms with Crippen molar-refractivity contribution in [2.24, 2.45) is 0 Å². The Hall–Kier alpha value is -3.16. The molecule has 2 atom stereocenters. The van der Waals surface area contributed by atoms with Gasteiger partial charge in [0, 0.05) is 25.7 Å². The molecule has 156 valence electrons. The van der Waals surface area contributed by atoms with Gasteiger partial charge in [-0.05, 0) is 42.7 Å². The van der Waals surface area contributed by atoms with E-state index in [0.717, 1.165) is 23.4 Å². The Kier molecular flexibility index (Phi) is 4.38. The lowest BCUT2D eigenvalue weighted by Crippen LogP contribution is -2.39. The highest BCUT2D eigenvalue weighted by Gasteiger charge is 2.38. The van der Waals surface area contributed by atoms with Crippen LogP contribution in [0.25, 0.3) is 0 Å². The van der Waals surface area contributed by atoms with Gasteiger partial charge in [-0.1, -0.05) is 12.1 Å². The first-order valence-corrected chi connectivity index (χ1v) is 10.2. The SMILES string of the molecule is C[C@@]1(c2ccc(F)cc2)Cc2cc(C(=O)N3CC[C@H](N4CCOC4=O)C3)cnc2N1. The number of hydrogen-bond donors (Lipinski definition) is 1. The highest BCUT2D eigenvalue weighted by molar-refractivity contribution is 5.94. The maximum absolute atomic E-state index is 13.3. The summed E-state index contributed by atoms with van der Waals surface area (Å²) < 4.78 is 18.3. The fourth-order valence-corrected chi connectivity index (χ4v) is 4.65. The number of hydrogen-bond acceptors (Lipinski definition) is 5. The maximum atomic E-state index is 13.3. The summed E-state index contributed by atoms with van der Waals surface area (Å²) in [6.45, 7) is 4.16. The number of aromatic nitrogens is 1. The van der Waals surface area contributed by atoms with Crippen molar-refractivity contribution in [3.63, 3.8) is 0 Å². The van der Waals surface area contributed by atoms with E-state index in [9.17, 15) is 14.0 Å². The number of carbonyl (C=O) groups is 2. The average molecular weight is 410 g/mol. The van der Waals surface area contributed by atoms with E-state index < -0.39 is 5.54 Å². The predicted octanol–water partition coefficient (Wildman–Crippen LogP) is 2.77. The minimum Gasteiger partial charge on any atom is -0.448 e. The van der Waals surface area contributed by atoms with Crippen molar-refractivity contribution in [2.45, 2.75) is 31.3 Å². The molecule has 0 radical (unpaired) electrons. The van der Waals surface area contributed by atoms with Crippen molar-refractivity contribution < 1.29 is 18.7 Å². The number of nitrogens with one attached hydrogen (secondary N) is 1. The lowest BCUT2D eigenvalue weighted by atomic mass is 9.89. The number of fused-ring (bicyclic) bond motifs is 1. The summed E-state index contributed by atoms with van der Waals surface area (Å²) in [4.78, 5) is 32.8. The van der Waals surface area contributed by atoms with E-state index in [1.165, 1.54) is 12.1 Å². The van der Waals surface area contributed by atoms with Crippen LogP contribution < -0.4 is 5.32 Å². The normalized spacial score (nSPS) is 25.3. The summed E-state index contributed by atoms with van der Waals surface area (Å²) in [5, 5.41) is 3.41. The fraction of sp³-hybridized carbons (Fsp3) is 0.409. The number of cyclic esters (lactones) is 1. The number of pyridine rings is 1. The Morgan fingerprint density at radius 3 is 2.83 bits per heavy atom. The van der Waals surface area contributed by atoms with Gasteiger partial charge in [-0.3, -0.25) is 9.69 Å². The van der Waals surface area contributed by atoms with Crippen molar-refractivity contribution in [2.75, 3.05) is 31.6 Å². The Balaban J connectivity index is 1.31. The molecule has 0 unspecified atom stereocenters. The molecule has 5 rings (SSSR count). The standard InChI is InChI=1S/C22H23FN4O3/c1-22(16-2-4-17(23)5-3-16)11-14-10-15(12-24-19(14)25-22)20(28)26-7-6-18(13-26)27-8-9-30-21(27)29/h2-5,10,12,18H,6-9,11,13H2,1H3,(H,24,25)/t18-,22-/m0/s1. The number of amides is 2. The van der Waals surface area contributed by atoms with Gasteiger partial charge in [-0.2, -0.15) is 0 Å². The third kappa shape index (κ3) is 3.16. The van der Waals surface area contributed by atoms with Crippen molar-refractivity contribution in [3.05, 3.63) is 59.0 Å². The minimum absolute atomic E-state index is 0.00905. The molecule has 30 heavy (non-hydrogen) atoms. The summed E-state index contributed by atoms with van der Waals surface area (Å²) in [6, 6.07) is 8.35. The molecule has 0 spiro atoms. The predicted molar refractivity (Wildman–Crippen MR) is 108 cm³/mol. The summed E-state index contributed by atoms with van der Waals surface area (Å²) in [5.74, 6) is 0.406. The molecule has 8 heteroatoms. The second-order valence-electron chi connectivity index (χ2n) is 8.37. The first-order valence-electron chi connectivity index (χ1n) is 10.2. The monoisotopic (exact) mass is 410 g/mol. The molecule has 1 aromatic heterocycles. The van der Waals surface area contributed by atoms with Gasteiger partial charge in [0.25, 0.3) is 5.91 Å². The number of nitrogens with zero attached hydrogens (tertiary/aromatic N) is 3. The molecule has 2 amide bonds. The van der Waals surface area contributed by atoms with E-state index in [-0.39, 0.29) is 23.9 Å². The van der Waals surface area contributed by atoms with Crippen LogP contribution in [-0.4, -0.2) is 59.1 Å². The van der Waals surface area contributed by atoms with Gasteiger partial charge in [-0.25, -0.2) is 14.2 Å². The van der Waals surface area contributed by atoms with Crippen molar-refractivity contribution in [1.29, 1.82) is 0 Å². The second-order valence-corrected chi connectivity index (χ2v) is 8.37. The van der Waals surface area contributed by atoms with Crippen molar-refractivity contribution in [1.82, 2.24) is 14.8 Å². The highest BCUT2D eigenvalue weighted by atomic mass is 19.1. The van der Waals surface area contributed by atoms with Crippen LogP contribution in [0.3, 0.4) is 0 Å². The summed E-state index contributed by atoms with van der Waals surface area (Å²) in [7, 11) is 0. The average Bonchev–Trinajstić information content (AvgIpc) is 3.45. The zero-order chi connectivity index (χ0) is 20.9. The van der Waals surface area contributed by atoms with E-state index in [1.807, 2.05) is 13.0 Å². The van der Waals surface area contributed by atoms with Gasteiger partial charge in [-0.15, -0.1) is 0 Å². The van der Waals surface area contributed by atoms with Crippen LogP contribution in [0.1, 0.15) is 34.8 Å². The summed E-state index contributed by atoms with van der Waals surface area (Å²) in [5.41, 5.74) is 2.07. The first-order chi connectivity index (χ1) is 14.4. The van der Waals surface area contributed by atoms with Crippen LogP contribution in [0.2, 0.25) is 0 Å². The van der Waals surface area contributed by atoms with Crippen molar-refractivity contribution in [3.8, 4) is 0 Å². The fourth-order valence-electron chi connectivity index (χ4n) is 4.65. The largest absolute Gasteiger partial charge is 0.448 e. The van der Waals surface area contributed by atoms with E-state index in [1.54, 1.807) is 28.1 Å². The maximum Gasteiger partial charge on any atom is 0.410 e. The van der Waals surface area contributed by atoms with Gasteiger partial charge in [0.05, 0.1) is 23.7 Å². The van der Waals surface area contributed by atoms with Crippen LogP contribution in [0.4, 0.5) is 15.0 Å². The quantitative estimate of drug-likeness (QED) is 0.842. The number of benzene rings is 1. The lowest BCUT2D eigenvalue weighted by molar-refractivity contribution is 0.0779. The molecule has 3 aliphatic rings. The van der Waals surface area contributed by atoms with E-state index >= 15 is 0 Å². The van der Waals surface area contributed by atoms with E-state index in [2.05, 4.69) is 10.3 Å². The molecular formula is C22H23FN4O3. The number of ether oxygens (including phenoxy) is 1. The Morgan fingerprint density at radius 1 is 1.30 bits per heavy atom. The van der Waals surface area contributed by atoms with E-state index in [0.29, 0.717) is 38.2 Å². The van der Waals surface area contributed by atoms with E-state index in [4.69, 9.17) is 4.74 Å². The topological polar surface area (TPSA) is 74.8 Å². The molecule has 4 heterocycles. The van der Waals surface area contributed by atoms with Crippen molar-refractivity contribution >= 4 is 17.8 Å². The summed E-state index contributed by atoms with van der Waals surface area (Å²) >= 11 is 0. The third-order valence-corrected chi connectivity index (χ3v) is 6.32. The number of halogens is 1. The molecule has 1 aromatic carbocycles. The molecule has 2 saturated heterocycles. The zero-order valence-corrected chi connectivity index (χ0v) is 16.7. The Labute approximate surface area is 173 Å². The molecule has 0 bridgehead atoms. The number of carbonyl (C=O) groups excluding carboxylic acids is 2. The Bertz CT molecular complexity index is 1010. The third-order valence-electron chi connectivity index (χ3n) is 6.32. The minimum atomic E-state index is -0.403. The summed E-state index contributed by atoms with van der Waals surface area (Å²) in [6.07, 6.45) is 2.72. The smallest absolute Gasteiger partial charge is 0.410 e. The molecule has 2 aromatic rings. The molecular weight excluding hydrogens is 387 g/mol. The molecule has 0 aliphatic carbocycles. The molecule has 7 nitrogen and oxygen atoms in total. The van der Waals surface area contributed by atoms with Gasteiger partial charge in [0.2, 0.25) is 0 Å². The van der Waals surface area contributed by atoms with Crippen LogP contribution in [0.15, 0.2) is 36.5 Å².